The molecule has 1 aliphatic heterocycles. The molecule has 12 nitrogen and oxygen atoms in total. The highest BCUT2D eigenvalue weighted by atomic mass is 15.4. The first-order valence-corrected chi connectivity index (χ1v) is 28.3. The van der Waals surface area contributed by atoms with Gasteiger partial charge in [-0.1, -0.05) is 146 Å². The number of fused-ring (bicyclic) bond motifs is 21. The summed E-state index contributed by atoms with van der Waals surface area (Å²) >= 11 is 0. The van der Waals surface area contributed by atoms with Gasteiger partial charge < -0.3 is 18.6 Å². The second-order valence-electron chi connectivity index (χ2n) is 21.9. The van der Waals surface area contributed by atoms with Crippen LogP contribution in [-0.2, 0) is 0 Å². The van der Waals surface area contributed by atoms with Crippen molar-refractivity contribution in [1.82, 2.24) is 52.7 Å². The third-order valence-corrected chi connectivity index (χ3v) is 17.7. The molecule has 84 heavy (non-hydrogen) atoms. The van der Waals surface area contributed by atoms with Crippen LogP contribution in [0.4, 0.5) is 11.6 Å². The summed E-state index contributed by atoms with van der Waals surface area (Å²) < 4.78 is 11.7. The van der Waals surface area contributed by atoms with Crippen molar-refractivity contribution in [3.63, 3.8) is 0 Å². The lowest BCUT2D eigenvalue weighted by atomic mass is 9.86. The number of hydrogen-bond acceptors (Lipinski definition) is 7. The van der Waals surface area contributed by atoms with E-state index in [1.165, 1.54) is 5.56 Å². The first-order chi connectivity index (χ1) is 41.7. The van der Waals surface area contributed by atoms with Gasteiger partial charge in [-0.15, -0.1) is 0 Å². The van der Waals surface area contributed by atoms with Crippen LogP contribution in [0.25, 0.3) is 133 Å². The predicted octanol–water partition coefficient (Wildman–Crippen LogP) is 16.4. The van der Waals surface area contributed by atoms with Gasteiger partial charge in [-0.05, 0) is 78.4 Å². The molecular formula is C72H44N12. The second kappa shape index (κ2) is 17.0. The lowest BCUT2D eigenvalue weighted by Crippen LogP contribution is -2.28. The van der Waals surface area contributed by atoms with E-state index in [0.29, 0.717) is 17.8 Å². The van der Waals surface area contributed by atoms with E-state index in [-0.39, 0.29) is 12.0 Å². The summed E-state index contributed by atoms with van der Waals surface area (Å²) in [6, 6.07) is 73.4. The number of anilines is 2. The van der Waals surface area contributed by atoms with Crippen molar-refractivity contribution in [3.8, 4) is 29.0 Å². The van der Waals surface area contributed by atoms with Gasteiger partial charge in [0.15, 0.2) is 0 Å². The summed E-state index contributed by atoms with van der Waals surface area (Å²) in [7, 11) is 0. The van der Waals surface area contributed by atoms with Crippen molar-refractivity contribution >= 4 is 116 Å². The Morgan fingerprint density at radius 1 is 0.310 bits per heavy atom. The monoisotopic (exact) mass is 1080 g/mol. The molecule has 2 aliphatic rings. The Bertz CT molecular complexity index is 5400. The van der Waals surface area contributed by atoms with E-state index < -0.39 is 0 Å². The minimum Gasteiger partial charge on any atom is -0.309 e. The molecule has 19 rings (SSSR count). The zero-order chi connectivity index (χ0) is 54.7. The molecule has 2 unspecified atom stereocenters. The quantitative estimate of drug-likeness (QED) is 0.163. The molecule has 17 aromatic rings. The van der Waals surface area contributed by atoms with Crippen molar-refractivity contribution in [2.75, 3.05) is 4.90 Å². The third kappa shape index (κ3) is 6.04. The van der Waals surface area contributed by atoms with E-state index in [9.17, 15) is 0 Å². The first-order valence-electron chi connectivity index (χ1n) is 28.3. The van der Waals surface area contributed by atoms with Gasteiger partial charge in [-0.3, -0.25) is 24.1 Å². The van der Waals surface area contributed by atoms with Crippen molar-refractivity contribution in [2.45, 2.75) is 12.0 Å². The van der Waals surface area contributed by atoms with Crippen LogP contribution < -0.4 is 4.90 Å². The Kier molecular flexibility index (Phi) is 9.17. The van der Waals surface area contributed by atoms with Crippen LogP contribution in [0.5, 0.6) is 0 Å². The van der Waals surface area contributed by atoms with Crippen LogP contribution in [0.3, 0.4) is 0 Å². The molecule has 0 spiro atoms. The standard InChI is InChI=1S/C72H44N12/c1-7-25-58-46(19-1)52-31-34-55-49-22-4-10-28-61(49)82(67(55)64(52)79(58)43-16-13-37-73-40-43)70-76-71(83-62-29-11-5-23-50(62)56-35-32-53-47-20-2-8-26-59(47)80(65(53)68(56)83)44-17-14-38-74-41-44)78-72(77-70)84-63-30-12-6-24-51(63)57-36-33-54-48-21-3-9-27-60(48)81(66(54)69(57)84)45-18-15-39-75-42-45/h1-42,55,67H. The van der Waals surface area contributed by atoms with Crippen molar-refractivity contribution < 1.29 is 0 Å². The minimum absolute atomic E-state index is 0.0665. The van der Waals surface area contributed by atoms with Gasteiger partial charge in [0, 0.05) is 84.2 Å². The fourth-order valence-corrected chi connectivity index (χ4v) is 14.5. The lowest BCUT2D eigenvalue weighted by molar-refractivity contribution is 0.623. The molecule has 2 atom stereocenters. The molecule has 10 heterocycles. The second-order valence-corrected chi connectivity index (χ2v) is 21.9. The van der Waals surface area contributed by atoms with Crippen LogP contribution >= 0.6 is 0 Å². The van der Waals surface area contributed by atoms with E-state index in [0.717, 1.165) is 132 Å². The molecule has 1 aliphatic carbocycles. The van der Waals surface area contributed by atoms with Gasteiger partial charge in [-0.2, -0.15) is 15.0 Å². The maximum atomic E-state index is 5.95. The van der Waals surface area contributed by atoms with Gasteiger partial charge in [0.2, 0.25) is 17.8 Å². The van der Waals surface area contributed by atoms with E-state index in [2.05, 4.69) is 238 Å². The molecule has 0 fully saturated rings. The summed E-state index contributed by atoms with van der Waals surface area (Å²) in [4.78, 5) is 34.3. The van der Waals surface area contributed by atoms with E-state index >= 15 is 0 Å². The summed E-state index contributed by atoms with van der Waals surface area (Å²) in [5.41, 5.74) is 16.6. The topological polar surface area (TPSA) is 105 Å². The number of benzene rings is 8. The normalized spacial score (nSPS) is 14.8. The van der Waals surface area contributed by atoms with Gasteiger partial charge in [0.25, 0.3) is 0 Å². The molecule has 0 radical (unpaired) electrons. The number of rotatable bonds is 6. The van der Waals surface area contributed by atoms with Crippen LogP contribution in [0.15, 0.2) is 250 Å². The fraction of sp³-hybridized carbons (Fsp3) is 0.0278. The van der Waals surface area contributed by atoms with Crippen LogP contribution in [-0.4, -0.2) is 52.7 Å². The number of hydrogen-bond donors (Lipinski definition) is 0. The first kappa shape index (κ1) is 45.3. The molecule has 0 amide bonds. The molecule has 392 valence electrons. The molecule has 9 aromatic heterocycles. The van der Waals surface area contributed by atoms with Gasteiger partial charge in [-0.25, -0.2) is 0 Å². The maximum absolute atomic E-state index is 5.95. The smallest absolute Gasteiger partial charge is 0.241 e. The fourth-order valence-electron chi connectivity index (χ4n) is 14.5. The molecule has 0 saturated heterocycles. The van der Waals surface area contributed by atoms with Crippen LogP contribution in [0.1, 0.15) is 28.8 Å². The molecule has 0 saturated carbocycles. The Morgan fingerprint density at radius 2 is 0.690 bits per heavy atom. The predicted molar refractivity (Wildman–Crippen MR) is 337 cm³/mol. The Labute approximate surface area is 478 Å². The van der Waals surface area contributed by atoms with E-state index in [1.54, 1.807) is 0 Å². The largest absolute Gasteiger partial charge is 0.309 e. The Morgan fingerprint density at radius 3 is 1.15 bits per heavy atom. The van der Waals surface area contributed by atoms with E-state index in [1.807, 2.05) is 55.4 Å². The summed E-state index contributed by atoms with van der Waals surface area (Å²) in [5.74, 6) is 1.39. The summed E-state index contributed by atoms with van der Waals surface area (Å²) in [6.07, 6.45) is 16.1. The van der Waals surface area contributed by atoms with Crippen molar-refractivity contribution in [3.05, 3.63) is 266 Å². The minimum atomic E-state index is -0.297. The van der Waals surface area contributed by atoms with Gasteiger partial charge in [0.05, 0.1) is 97.0 Å². The molecular weight excluding hydrogens is 1030 g/mol. The van der Waals surface area contributed by atoms with Crippen LogP contribution in [0.2, 0.25) is 0 Å². The van der Waals surface area contributed by atoms with Crippen LogP contribution in [0, 0.1) is 0 Å². The average molecular weight is 1080 g/mol. The average Bonchev–Trinajstić information content (AvgIpc) is 3.38. The molecule has 0 bridgehead atoms. The van der Waals surface area contributed by atoms with Crippen molar-refractivity contribution in [2.24, 2.45) is 0 Å². The molecule has 0 N–H and O–H groups in total. The number of aromatic nitrogens is 11. The molecule has 12 heteroatoms. The van der Waals surface area contributed by atoms with Gasteiger partial charge >= 0.3 is 0 Å². The maximum Gasteiger partial charge on any atom is 0.241 e. The molecule has 8 aromatic carbocycles. The van der Waals surface area contributed by atoms with E-state index in [4.69, 9.17) is 19.9 Å². The summed E-state index contributed by atoms with van der Waals surface area (Å²) in [5, 5.41) is 9.95. The number of nitrogens with zero attached hydrogens (tertiary/aromatic N) is 12. The zero-order valence-corrected chi connectivity index (χ0v) is 44.8. The number of pyridine rings is 3. The lowest BCUT2D eigenvalue weighted by Gasteiger charge is -2.32. The zero-order valence-electron chi connectivity index (χ0n) is 44.8. The highest BCUT2D eigenvalue weighted by Crippen LogP contribution is 2.57. The highest BCUT2D eigenvalue weighted by molar-refractivity contribution is 6.25. The summed E-state index contributed by atoms with van der Waals surface area (Å²) in [6.45, 7) is 0. The highest BCUT2D eigenvalue weighted by Gasteiger charge is 2.46. The Hall–Kier alpha value is -11.5. The number of para-hydroxylation sites is 6. The van der Waals surface area contributed by atoms with Gasteiger partial charge in [0.1, 0.15) is 0 Å². The SMILES string of the molecule is C1=CC2c3ccccc3N(c3nc(-n4c5ccccc5c5ccc6c7ccccc7n(-c7cccnc7)c6c54)nc(-n4c5ccccc5c5ccc6c7ccccc7n(-c7cccnc7)c6c54)n3)C2c2c1c1ccccc1n2-c1cccnc1. The third-order valence-electron chi connectivity index (χ3n) is 17.7. The Balaban J connectivity index is 0.994. The van der Waals surface area contributed by atoms with Crippen molar-refractivity contribution in [1.29, 1.82) is 0 Å².